The van der Waals surface area contributed by atoms with Crippen LogP contribution in [0.2, 0.25) is 0 Å². The van der Waals surface area contributed by atoms with Crippen LogP contribution < -0.4 is 15.8 Å². The Balaban J connectivity index is 0.00000529. The number of alkyl halides is 2. The molecule has 0 fully saturated rings. The van der Waals surface area contributed by atoms with E-state index in [1.165, 1.54) is 24.3 Å². The van der Waals surface area contributed by atoms with Crippen molar-refractivity contribution in [2.45, 2.75) is 37.1 Å². The number of sulfonamides is 1. The van der Waals surface area contributed by atoms with E-state index in [9.17, 15) is 22.0 Å². The summed E-state index contributed by atoms with van der Waals surface area (Å²) in [6.07, 6.45) is 0.634. The van der Waals surface area contributed by atoms with Gasteiger partial charge in [-0.15, -0.1) is 12.4 Å². The number of carbonyl (C=O) groups excluding carboxylic acids is 1. The largest absolute Gasteiger partial charge is 0.346 e. The summed E-state index contributed by atoms with van der Waals surface area (Å²) >= 11 is 0. The van der Waals surface area contributed by atoms with Crippen LogP contribution in [0.15, 0.2) is 29.2 Å². The molecule has 0 aliphatic carbocycles. The van der Waals surface area contributed by atoms with Gasteiger partial charge in [0.2, 0.25) is 10.0 Å². The zero-order valence-electron chi connectivity index (χ0n) is 13.4. The highest BCUT2D eigenvalue weighted by Gasteiger charge is 2.27. The monoisotopic (exact) mass is 385 g/mol. The Morgan fingerprint density at radius 3 is 2.29 bits per heavy atom. The van der Waals surface area contributed by atoms with Crippen molar-refractivity contribution in [3.8, 4) is 0 Å². The lowest BCUT2D eigenvalue weighted by Crippen LogP contribution is -2.41. The first kappa shape index (κ1) is 22.7. The molecule has 1 rings (SSSR count). The van der Waals surface area contributed by atoms with E-state index in [1.807, 2.05) is 6.92 Å². The lowest BCUT2D eigenvalue weighted by Gasteiger charge is -2.15. The quantitative estimate of drug-likeness (QED) is 0.631. The first-order valence-electron chi connectivity index (χ1n) is 7.10. The minimum Gasteiger partial charge on any atom is -0.346 e. The summed E-state index contributed by atoms with van der Waals surface area (Å²) in [6, 6.07) is 4.81. The molecule has 0 aliphatic rings. The van der Waals surface area contributed by atoms with E-state index in [2.05, 4.69) is 10.0 Å². The summed E-state index contributed by atoms with van der Waals surface area (Å²) in [5, 5.41) is 2.06. The Labute approximate surface area is 146 Å². The van der Waals surface area contributed by atoms with Gasteiger partial charge in [-0.2, -0.15) is 0 Å². The van der Waals surface area contributed by atoms with Gasteiger partial charge in [-0.05, 0) is 37.6 Å². The molecule has 0 spiro atoms. The van der Waals surface area contributed by atoms with Crippen LogP contribution in [0.25, 0.3) is 0 Å². The molecule has 0 saturated carbocycles. The molecule has 138 valence electrons. The van der Waals surface area contributed by atoms with Gasteiger partial charge in [0.1, 0.15) is 0 Å². The van der Waals surface area contributed by atoms with Gasteiger partial charge in [0.15, 0.2) is 0 Å². The van der Waals surface area contributed by atoms with E-state index >= 15 is 0 Å². The average molecular weight is 386 g/mol. The minimum atomic E-state index is -3.67. The topological polar surface area (TPSA) is 101 Å². The highest BCUT2D eigenvalue weighted by molar-refractivity contribution is 7.89. The van der Waals surface area contributed by atoms with Crippen LogP contribution in [0.1, 0.15) is 30.6 Å². The summed E-state index contributed by atoms with van der Waals surface area (Å²) in [5.41, 5.74) is 4.96. The number of nitrogens with one attached hydrogen (secondary N) is 2. The molecule has 0 aromatic heterocycles. The second-order valence-corrected chi connectivity index (χ2v) is 6.91. The predicted molar refractivity (Wildman–Crippen MR) is 90.1 cm³/mol. The lowest BCUT2D eigenvalue weighted by atomic mass is 10.2. The Morgan fingerprint density at radius 1 is 1.29 bits per heavy atom. The number of benzene rings is 1. The molecule has 0 radical (unpaired) electrons. The fourth-order valence-electron chi connectivity index (χ4n) is 1.59. The average Bonchev–Trinajstić information content (AvgIpc) is 2.52. The van der Waals surface area contributed by atoms with Crippen LogP contribution in [0.3, 0.4) is 0 Å². The maximum atomic E-state index is 13.0. The highest BCUT2D eigenvalue weighted by atomic mass is 35.5. The molecule has 1 atom stereocenters. The van der Waals surface area contributed by atoms with Crippen molar-refractivity contribution in [2.24, 2.45) is 5.73 Å². The summed E-state index contributed by atoms with van der Waals surface area (Å²) in [5.74, 6) is -3.91. The normalized spacial score (nSPS) is 13.0. The number of hydrogen-bond acceptors (Lipinski definition) is 4. The summed E-state index contributed by atoms with van der Waals surface area (Å²) in [7, 11) is -3.67. The minimum absolute atomic E-state index is 0. The van der Waals surface area contributed by atoms with E-state index in [-0.39, 0.29) is 28.9 Å². The third kappa shape index (κ3) is 6.68. The van der Waals surface area contributed by atoms with Crippen molar-refractivity contribution in [3.05, 3.63) is 29.8 Å². The second kappa shape index (κ2) is 9.26. The smallest absolute Gasteiger partial charge is 0.277 e. The van der Waals surface area contributed by atoms with Crippen molar-refractivity contribution in [3.63, 3.8) is 0 Å². The van der Waals surface area contributed by atoms with Gasteiger partial charge >= 0.3 is 0 Å². The van der Waals surface area contributed by atoms with E-state index < -0.39 is 34.9 Å². The fraction of sp³-hybridized carbons (Fsp3) is 0.500. The number of nitrogens with two attached hydrogens (primary N) is 1. The molecule has 0 heterocycles. The molecule has 1 aromatic rings. The van der Waals surface area contributed by atoms with Crippen LogP contribution in [0, 0.1) is 0 Å². The van der Waals surface area contributed by atoms with Crippen molar-refractivity contribution in [1.29, 1.82) is 0 Å². The first-order valence-corrected chi connectivity index (χ1v) is 8.58. The Hall–Kier alpha value is -1.29. The Morgan fingerprint density at radius 2 is 1.83 bits per heavy atom. The number of amides is 1. The van der Waals surface area contributed by atoms with E-state index in [0.29, 0.717) is 6.42 Å². The molecule has 4 N–H and O–H groups in total. The lowest BCUT2D eigenvalue weighted by molar-refractivity contribution is 0.0118. The fourth-order valence-corrected chi connectivity index (χ4v) is 2.91. The third-order valence-electron chi connectivity index (χ3n) is 3.20. The highest BCUT2D eigenvalue weighted by Crippen LogP contribution is 2.13. The van der Waals surface area contributed by atoms with Crippen LogP contribution in [-0.2, 0) is 10.0 Å². The van der Waals surface area contributed by atoms with Crippen molar-refractivity contribution in [1.82, 2.24) is 10.0 Å². The van der Waals surface area contributed by atoms with Gasteiger partial charge in [-0.25, -0.2) is 21.9 Å². The molecular weight excluding hydrogens is 364 g/mol. The Bertz CT molecular complexity index is 639. The van der Waals surface area contributed by atoms with Gasteiger partial charge in [0.25, 0.3) is 11.8 Å². The standard InChI is InChI=1S/C14H21F2N3O3S.ClH/c1-3-10(2)19-23(21,22)12-6-4-11(5-7-12)13(20)18-9-14(15,16)8-17;/h4-7,10,19H,3,8-9,17H2,1-2H3,(H,18,20);1H. The molecule has 1 unspecified atom stereocenters. The van der Waals surface area contributed by atoms with Crippen LogP contribution >= 0.6 is 12.4 Å². The SMILES string of the molecule is CCC(C)NS(=O)(=O)c1ccc(C(=O)NCC(F)(F)CN)cc1.Cl. The molecule has 1 amide bonds. The molecular formula is C14H22ClF2N3O3S. The van der Waals surface area contributed by atoms with E-state index in [4.69, 9.17) is 5.73 Å². The van der Waals surface area contributed by atoms with E-state index in [1.54, 1.807) is 6.92 Å². The van der Waals surface area contributed by atoms with Crippen LogP contribution in [0.4, 0.5) is 8.78 Å². The summed E-state index contributed by atoms with van der Waals surface area (Å²) < 4.78 is 52.5. The molecule has 6 nitrogen and oxygen atoms in total. The van der Waals surface area contributed by atoms with Crippen LogP contribution in [-0.4, -0.2) is 39.4 Å². The van der Waals surface area contributed by atoms with Crippen molar-refractivity contribution < 1.29 is 22.0 Å². The van der Waals surface area contributed by atoms with Crippen molar-refractivity contribution >= 4 is 28.3 Å². The van der Waals surface area contributed by atoms with Gasteiger partial charge in [0, 0.05) is 11.6 Å². The Kier molecular flexibility index (Phi) is 8.76. The summed E-state index contributed by atoms with van der Waals surface area (Å²) in [4.78, 5) is 11.7. The predicted octanol–water partition coefficient (Wildman–Crippen LogP) is 1.51. The number of hydrogen-bond donors (Lipinski definition) is 3. The summed E-state index contributed by atoms with van der Waals surface area (Å²) in [6.45, 7) is 1.83. The molecule has 1 aromatic carbocycles. The maximum absolute atomic E-state index is 13.0. The number of rotatable bonds is 8. The molecule has 0 aliphatic heterocycles. The molecule has 10 heteroatoms. The van der Waals surface area contributed by atoms with E-state index in [0.717, 1.165) is 0 Å². The second-order valence-electron chi connectivity index (χ2n) is 5.20. The van der Waals surface area contributed by atoms with Crippen molar-refractivity contribution in [2.75, 3.05) is 13.1 Å². The molecule has 0 saturated heterocycles. The van der Waals surface area contributed by atoms with Crippen LogP contribution in [0.5, 0.6) is 0 Å². The van der Waals surface area contributed by atoms with Gasteiger partial charge in [0.05, 0.1) is 18.0 Å². The third-order valence-corrected chi connectivity index (χ3v) is 4.81. The number of carbonyl (C=O) groups is 1. The van der Waals surface area contributed by atoms with Gasteiger partial charge < -0.3 is 11.1 Å². The maximum Gasteiger partial charge on any atom is 0.277 e. The van der Waals surface area contributed by atoms with Gasteiger partial charge in [-0.1, -0.05) is 6.92 Å². The first-order chi connectivity index (χ1) is 10.6. The number of halogens is 3. The molecule has 24 heavy (non-hydrogen) atoms. The molecule has 0 bridgehead atoms. The zero-order chi connectivity index (χ0) is 17.7. The van der Waals surface area contributed by atoms with Gasteiger partial charge in [-0.3, -0.25) is 4.79 Å². The zero-order valence-corrected chi connectivity index (χ0v) is 15.0.